The second-order valence-electron chi connectivity index (χ2n) is 6.08. The molecular weight excluding hydrogens is 339 g/mol. The van der Waals surface area contributed by atoms with E-state index in [1.54, 1.807) is 0 Å². The summed E-state index contributed by atoms with van der Waals surface area (Å²) in [7, 11) is -3.41. The normalized spacial score (nSPS) is 26.6. The van der Waals surface area contributed by atoms with E-state index in [0.717, 1.165) is 6.26 Å². The van der Waals surface area contributed by atoms with Gasteiger partial charge in [-0.25, -0.2) is 12.8 Å². The molecule has 1 atom stereocenters. The minimum absolute atomic E-state index is 0.108. The number of hydrogen-bond acceptors (Lipinski definition) is 5. The molecule has 7 nitrogen and oxygen atoms in total. The Kier molecular flexibility index (Phi) is 4.60. The van der Waals surface area contributed by atoms with E-state index in [-0.39, 0.29) is 45.4 Å². The lowest BCUT2D eigenvalue weighted by Crippen LogP contribution is -2.61. The monoisotopic (exact) mass is 358 g/mol. The maximum absolute atomic E-state index is 13.1. The van der Waals surface area contributed by atoms with Gasteiger partial charge in [-0.15, -0.1) is 0 Å². The molecule has 2 aliphatic rings. The van der Waals surface area contributed by atoms with Gasteiger partial charge in [-0.2, -0.15) is 4.31 Å². The van der Waals surface area contributed by atoms with Gasteiger partial charge in [0.25, 0.3) is 5.91 Å². The minimum atomic E-state index is -3.41. The Hall–Kier alpha value is -1.55. The van der Waals surface area contributed by atoms with Crippen LogP contribution in [0.3, 0.4) is 0 Å². The van der Waals surface area contributed by atoms with Crippen LogP contribution in [0.15, 0.2) is 24.3 Å². The quantitative estimate of drug-likeness (QED) is 0.756. The Balaban J connectivity index is 1.87. The van der Waals surface area contributed by atoms with Crippen LogP contribution in [-0.2, 0) is 24.3 Å². The first-order chi connectivity index (χ1) is 11.3. The highest BCUT2D eigenvalue weighted by Gasteiger charge is 2.44. The van der Waals surface area contributed by atoms with Gasteiger partial charge >= 0.3 is 0 Å². The first-order valence-electron chi connectivity index (χ1n) is 7.52. The molecule has 1 aromatic rings. The van der Waals surface area contributed by atoms with Gasteiger partial charge < -0.3 is 14.4 Å². The molecule has 2 heterocycles. The number of benzene rings is 1. The van der Waals surface area contributed by atoms with E-state index in [1.807, 2.05) is 0 Å². The minimum Gasteiger partial charge on any atom is -0.377 e. The molecule has 2 aliphatic heterocycles. The molecule has 0 unspecified atom stereocenters. The van der Waals surface area contributed by atoms with Gasteiger partial charge in [0.15, 0.2) is 0 Å². The summed E-state index contributed by atoms with van der Waals surface area (Å²) in [6.07, 6.45) is 1.14. The molecule has 0 aliphatic carbocycles. The van der Waals surface area contributed by atoms with Crippen LogP contribution in [0.25, 0.3) is 0 Å². The molecule has 2 fully saturated rings. The molecule has 3 rings (SSSR count). The zero-order chi connectivity index (χ0) is 17.4. The number of morpholine rings is 1. The number of anilines is 1. The molecule has 0 saturated carbocycles. The number of sulfonamides is 1. The second kappa shape index (κ2) is 6.40. The summed E-state index contributed by atoms with van der Waals surface area (Å²) >= 11 is 0. The third-order valence-electron chi connectivity index (χ3n) is 4.17. The maximum Gasteiger partial charge on any atom is 0.253 e. The Bertz CT molecular complexity index is 724. The molecule has 0 aromatic heterocycles. The molecule has 132 valence electrons. The average molecular weight is 358 g/mol. The van der Waals surface area contributed by atoms with Crippen LogP contribution in [-0.4, -0.2) is 69.9 Å². The van der Waals surface area contributed by atoms with E-state index >= 15 is 0 Å². The number of rotatable bonds is 2. The van der Waals surface area contributed by atoms with Crippen molar-refractivity contribution in [2.24, 2.45) is 0 Å². The van der Waals surface area contributed by atoms with Crippen LogP contribution in [0.5, 0.6) is 0 Å². The highest BCUT2D eigenvalue weighted by atomic mass is 32.2. The van der Waals surface area contributed by atoms with Crippen LogP contribution < -0.4 is 4.90 Å². The van der Waals surface area contributed by atoms with Gasteiger partial charge in [0.1, 0.15) is 18.0 Å². The molecule has 9 heteroatoms. The summed E-state index contributed by atoms with van der Waals surface area (Å²) in [6.45, 7) is 0.764. The summed E-state index contributed by atoms with van der Waals surface area (Å²) in [6, 6.07) is 5.57. The van der Waals surface area contributed by atoms with E-state index in [2.05, 4.69) is 0 Å². The van der Waals surface area contributed by atoms with E-state index in [1.165, 1.54) is 33.5 Å². The van der Waals surface area contributed by atoms with E-state index in [4.69, 9.17) is 9.47 Å². The van der Waals surface area contributed by atoms with Crippen molar-refractivity contribution in [1.29, 1.82) is 0 Å². The van der Waals surface area contributed by atoms with Crippen LogP contribution in [0.2, 0.25) is 0 Å². The lowest BCUT2D eigenvalue weighted by atomic mass is 10.0. The van der Waals surface area contributed by atoms with Crippen molar-refractivity contribution in [1.82, 2.24) is 4.31 Å². The highest BCUT2D eigenvalue weighted by Crippen LogP contribution is 2.28. The Morgan fingerprint density at radius 2 is 1.92 bits per heavy atom. The van der Waals surface area contributed by atoms with Crippen molar-refractivity contribution in [3.63, 3.8) is 0 Å². The van der Waals surface area contributed by atoms with Crippen molar-refractivity contribution in [3.8, 4) is 0 Å². The van der Waals surface area contributed by atoms with Gasteiger partial charge in [0, 0.05) is 18.8 Å². The topological polar surface area (TPSA) is 76.2 Å². The second-order valence-corrected chi connectivity index (χ2v) is 8.06. The predicted octanol–water partition coefficient (Wildman–Crippen LogP) is 0.220. The summed E-state index contributed by atoms with van der Waals surface area (Å²) in [5.41, 5.74) is -0.402. The number of hydrogen-bond donors (Lipinski definition) is 0. The van der Waals surface area contributed by atoms with Crippen molar-refractivity contribution in [2.45, 2.75) is 5.60 Å². The van der Waals surface area contributed by atoms with Crippen molar-refractivity contribution in [3.05, 3.63) is 30.1 Å². The van der Waals surface area contributed by atoms with E-state index in [9.17, 15) is 17.6 Å². The summed E-state index contributed by atoms with van der Waals surface area (Å²) < 4.78 is 49.5. The third kappa shape index (κ3) is 3.59. The largest absolute Gasteiger partial charge is 0.377 e. The van der Waals surface area contributed by atoms with Gasteiger partial charge in [-0.05, 0) is 24.3 Å². The number of ether oxygens (including phenoxy) is 2. The van der Waals surface area contributed by atoms with Gasteiger partial charge in [0.05, 0.1) is 26.0 Å². The Morgan fingerprint density at radius 3 is 2.58 bits per heavy atom. The zero-order valence-corrected chi connectivity index (χ0v) is 14.1. The third-order valence-corrected chi connectivity index (χ3v) is 5.42. The molecule has 1 aromatic carbocycles. The van der Waals surface area contributed by atoms with Crippen molar-refractivity contribution >= 4 is 21.6 Å². The van der Waals surface area contributed by atoms with Crippen LogP contribution >= 0.6 is 0 Å². The highest BCUT2D eigenvalue weighted by molar-refractivity contribution is 7.88. The number of halogens is 1. The van der Waals surface area contributed by atoms with Gasteiger partial charge in [0.2, 0.25) is 10.0 Å². The predicted molar refractivity (Wildman–Crippen MR) is 84.7 cm³/mol. The first-order valence-corrected chi connectivity index (χ1v) is 9.37. The summed E-state index contributed by atoms with van der Waals surface area (Å²) in [4.78, 5) is 13.7. The standard InChI is InChI=1S/C15H19FN2O5S/c1-24(20,21)17-6-7-22-11-15(9-17)10-18(14(19)8-23-15)13-4-2-12(16)3-5-13/h2-5H,6-11H2,1H3/t15-/m0/s1. The van der Waals surface area contributed by atoms with Crippen molar-refractivity contribution in [2.75, 3.05) is 50.6 Å². The number of amides is 1. The van der Waals surface area contributed by atoms with E-state index in [0.29, 0.717) is 5.69 Å². The first kappa shape index (κ1) is 17.3. The van der Waals surface area contributed by atoms with Crippen molar-refractivity contribution < 1.29 is 27.1 Å². The van der Waals surface area contributed by atoms with Crippen LogP contribution in [0, 0.1) is 5.82 Å². The molecule has 1 spiro atoms. The van der Waals surface area contributed by atoms with Crippen LogP contribution in [0.4, 0.5) is 10.1 Å². The van der Waals surface area contributed by atoms with Crippen LogP contribution in [0.1, 0.15) is 0 Å². The summed E-state index contributed by atoms with van der Waals surface area (Å²) in [5, 5.41) is 0. The van der Waals surface area contributed by atoms with Gasteiger partial charge in [-0.3, -0.25) is 4.79 Å². The number of carbonyl (C=O) groups excluding carboxylic acids is 1. The van der Waals surface area contributed by atoms with E-state index < -0.39 is 21.4 Å². The average Bonchev–Trinajstić information content (AvgIpc) is 2.74. The fourth-order valence-corrected chi connectivity index (χ4v) is 3.78. The molecule has 0 bridgehead atoms. The Labute approximate surface area is 140 Å². The SMILES string of the molecule is CS(=O)(=O)N1CCOC[C@@]2(CN(c3ccc(F)cc3)C(=O)CO2)C1. The molecule has 24 heavy (non-hydrogen) atoms. The lowest BCUT2D eigenvalue weighted by Gasteiger charge is -2.42. The lowest BCUT2D eigenvalue weighted by molar-refractivity contribution is -0.145. The number of nitrogens with zero attached hydrogens (tertiary/aromatic N) is 2. The fraction of sp³-hybridized carbons (Fsp3) is 0.533. The molecule has 2 saturated heterocycles. The zero-order valence-electron chi connectivity index (χ0n) is 13.3. The Morgan fingerprint density at radius 1 is 1.21 bits per heavy atom. The summed E-state index contributed by atoms with van der Waals surface area (Å²) in [5.74, 6) is -0.655. The number of carbonyl (C=O) groups is 1. The molecule has 0 N–H and O–H groups in total. The smallest absolute Gasteiger partial charge is 0.253 e. The maximum atomic E-state index is 13.1. The molecule has 0 radical (unpaired) electrons. The molecule has 1 amide bonds. The fourth-order valence-electron chi connectivity index (χ4n) is 2.91. The van der Waals surface area contributed by atoms with Gasteiger partial charge in [-0.1, -0.05) is 0 Å². The molecular formula is C15H19FN2O5S.